The van der Waals surface area contributed by atoms with Crippen molar-refractivity contribution in [3.05, 3.63) is 35.4 Å². The van der Waals surface area contributed by atoms with E-state index in [2.05, 4.69) is 0 Å². The number of amides is 2. The minimum absolute atomic E-state index is 0.477. The highest BCUT2D eigenvalue weighted by atomic mass is 19.4. The first-order chi connectivity index (χ1) is 8.64. The monoisotopic (exact) mass is 274 g/mol. The standard InChI is InChI=1S/C12H13F3N2O2/c1-7(17(2)11(19)10(16)18)8-3-5-9(6-4-8)12(13,14)15/h3-7H,1-2H3,(H2,16,18). The van der Waals surface area contributed by atoms with Gasteiger partial charge in [-0.1, -0.05) is 12.1 Å². The Labute approximate surface area is 108 Å². The van der Waals surface area contributed by atoms with Crippen LogP contribution in [0.1, 0.15) is 24.1 Å². The second-order valence-electron chi connectivity index (χ2n) is 4.08. The molecule has 1 atom stereocenters. The van der Waals surface area contributed by atoms with Crippen LogP contribution in [0.15, 0.2) is 24.3 Å². The van der Waals surface area contributed by atoms with Crippen molar-refractivity contribution in [2.45, 2.75) is 19.1 Å². The molecule has 0 spiro atoms. The summed E-state index contributed by atoms with van der Waals surface area (Å²) in [7, 11) is 1.36. The van der Waals surface area contributed by atoms with E-state index in [4.69, 9.17) is 5.73 Å². The predicted molar refractivity (Wildman–Crippen MR) is 61.8 cm³/mol. The largest absolute Gasteiger partial charge is 0.416 e. The van der Waals surface area contributed by atoms with Crippen LogP contribution in [-0.4, -0.2) is 23.8 Å². The second kappa shape index (κ2) is 5.29. The van der Waals surface area contributed by atoms with Crippen molar-refractivity contribution in [2.24, 2.45) is 5.73 Å². The van der Waals surface area contributed by atoms with Crippen molar-refractivity contribution in [3.8, 4) is 0 Å². The van der Waals surface area contributed by atoms with Gasteiger partial charge >= 0.3 is 18.0 Å². The van der Waals surface area contributed by atoms with Gasteiger partial charge in [0.25, 0.3) is 0 Å². The highest BCUT2D eigenvalue weighted by Crippen LogP contribution is 2.30. The minimum Gasteiger partial charge on any atom is -0.361 e. The third-order valence-electron chi connectivity index (χ3n) is 2.83. The molecule has 19 heavy (non-hydrogen) atoms. The average molecular weight is 274 g/mol. The van der Waals surface area contributed by atoms with Gasteiger partial charge in [-0.2, -0.15) is 13.2 Å². The highest BCUT2D eigenvalue weighted by Gasteiger charge is 2.30. The van der Waals surface area contributed by atoms with E-state index < -0.39 is 29.6 Å². The third-order valence-corrected chi connectivity index (χ3v) is 2.83. The molecule has 104 valence electrons. The first-order valence-corrected chi connectivity index (χ1v) is 5.38. The zero-order valence-corrected chi connectivity index (χ0v) is 10.4. The maximum atomic E-state index is 12.4. The Morgan fingerprint density at radius 1 is 1.21 bits per heavy atom. The van der Waals surface area contributed by atoms with Gasteiger partial charge in [-0.3, -0.25) is 9.59 Å². The van der Waals surface area contributed by atoms with Crippen LogP contribution in [0.4, 0.5) is 13.2 Å². The third kappa shape index (κ3) is 3.46. The molecule has 0 fully saturated rings. The average Bonchev–Trinajstić information content (AvgIpc) is 2.35. The van der Waals surface area contributed by atoms with Gasteiger partial charge in [0, 0.05) is 7.05 Å². The molecule has 2 N–H and O–H groups in total. The van der Waals surface area contributed by atoms with Gasteiger partial charge in [0.15, 0.2) is 0 Å². The van der Waals surface area contributed by atoms with Crippen molar-refractivity contribution >= 4 is 11.8 Å². The lowest BCUT2D eigenvalue weighted by atomic mass is 10.0. The molecular weight excluding hydrogens is 261 g/mol. The van der Waals surface area contributed by atoms with E-state index in [1.807, 2.05) is 0 Å². The summed E-state index contributed by atoms with van der Waals surface area (Å²) >= 11 is 0. The number of halogens is 3. The van der Waals surface area contributed by atoms with Crippen molar-refractivity contribution in [1.82, 2.24) is 4.90 Å². The number of benzene rings is 1. The Morgan fingerprint density at radius 3 is 2.05 bits per heavy atom. The quantitative estimate of drug-likeness (QED) is 0.834. The summed E-state index contributed by atoms with van der Waals surface area (Å²) in [4.78, 5) is 23.2. The van der Waals surface area contributed by atoms with Crippen molar-refractivity contribution in [3.63, 3.8) is 0 Å². The van der Waals surface area contributed by atoms with Crippen LogP contribution in [0, 0.1) is 0 Å². The number of hydrogen-bond donors (Lipinski definition) is 1. The fourth-order valence-corrected chi connectivity index (χ4v) is 1.52. The number of alkyl halides is 3. The smallest absolute Gasteiger partial charge is 0.361 e. The van der Waals surface area contributed by atoms with E-state index in [1.165, 1.54) is 19.2 Å². The SMILES string of the molecule is CC(c1ccc(C(F)(F)F)cc1)N(C)C(=O)C(N)=O. The molecule has 0 saturated heterocycles. The van der Waals surface area contributed by atoms with Gasteiger partial charge in [-0.15, -0.1) is 0 Å². The van der Waals surface area contributed by atoms with Crippen molar-refractivity contribution in [2.75, 3.05) is 7.05 Å². The van der Waals surface area contributed by atoms with Gasteiger partial charge in [0.1, 0.15) is 0 Å². The molecule has 7 heteroatoms. The first-order valence-electron chi connectivity index (χ1n) is 5.38. The molecule has 0 aliphatic carbocycles. The van der Waals surface area contributed by atoms with Crippen LogP contribution < -0.4 is 5.73 Å². The van der Waals surface area contributed by atoms with Crippen molar-refractivity contribution in [1.29, 1.82) is 0 Å². The van der Waals surface area contributed by atoms with Crippen LogP contribution in [0.25, 0.3) is 0 Å². The van der Waals surface area contributed by atoms with Gasteiger partial charge in [-0.25, -0.2) is 0 Å². The first kappa shape index (κ1) is 15.0. The fraction of sp³-hybridized carbons (Fsp3) is 0.333. The van der Waals surface area contributed by atoms with E-state index in [1.54, 1.807) is 6.92 Å². The number of nitrogens with two attached hydrogens (primary N) is 1. The molecule has 0 bridgehead atoms. The Kier molecular flexibility index (Phi) is 4.18. The van der Waals surface area contributed by atoms with Crippen LogP contribution in [0.5, 0.6) is 0 Å². The van der Waals surface area contributed by atoms with E-state index in [9.17, 15) is 22.8 Å². The van der Waals surface area contributed by atoms with E-state index in [-0.39, 0.29) is 0 Å². The number of primary amides is 1. The molecule has 1 aromatic carbocycles. The molecule has 0 aromatic heterocycles. The van der Waals surface area contributed by atoms with E-state index in [0.29, 0.717) is 5.56 Å². The number of carbonyl (C=O) groups excluding carboxylic acids is 2. The summed E-state index contributed by atoms with van der Waals surface area (Å²) in [6, 6.07) is 3.82. The fourth-order valence-electron chi connectivity index (χ4n) is 1.52. The molecule has 0 radical (unpaired) electrons. The predicted octanol–water partition coefficient (Wildman–Crippen LogP) is 1.71. The maximum absolute atomic E-state index is 12.4. The molecule has 0 heterocycles. The van der Waals surface area contributed by atoms with Crippen LogP contribution in [0.3, 0.4) is 0 Å². The molecule has 1 rings (SSSR count). The summed E-state index contributed by atoms with van der Waals surface area (Å²) in [5.41, 5.74) is 4.56. The summed E-state index contributed by atoms with van der Waals surface area (Å²) in [6.45, 7) is 1.59. The zero-order chi connectivity index (χ0) is 14.8. The summed E-state index contributed by atoms with van der Waals surface area (Å²) in [5, 5.41) is 0. The molecule has 1 aromatic rings. The van der Waals surface area contributed by atoms with Gasteiger partial charge in [-0.05, 0) is 24.6 Å². The summed E-state index contributed by atoms with van der Waals surface area (Å²) in [5.74, 6) is -2.01. The Bertz CT molecular complexity index is 483. The topological polar surface area (TPSA) is 63.4 Å². The lowest BCUT2D eigenvalue weighted by molar-refractivity contribution is -0.144. The number of likely N-dealkylation sites (N-methyl/N-ethyl adjacent to an activating group) is 1. The molecule has 0 aliphatic rings. The normalized spacial score (nSPS) is 12.9. The summed E-state index contributed by atoms with van der Waals surface area (Å²) < 4.78 is 37.2. The molecular formula is C12H13F3N2O2. The van der Waals surface area contributed by atoms with Crippen molar-refractivity contribution < 1.29 is 22.8 Å². The number of hydrogen-bond acceptors (Lipinski definition) is 2. The van der Waals surface area contributed by atoms with Crippen LogP contribution in [-0.2, 0) is 15.8 Å². The van der Waals surface area contributed by atoms with Crippen LogP contribution in [0.2, 0.25) is 0 Å². The molecule has 1 unspecified atom stereocenters. The summed E-state index contributed by atoms with van der Waals surface area (Å²) in [6.07, 6.45) is -4.41. The lowest BCUT2D eigenvalue weighted by Gasteiger charge is -2.24. The Morgan fingerprint density at radius 2 is 1.68 bits per heavy atom. The molecule has 2 amide bonds. The molecule has 0 saturated carbocycles. The highest BCUT2D eigenvalue weighted by molar-refractivity contribution is 6.34. The second-order valence-corrected chi connectivity index (χ2v) is 4.08. The van der Waals surface area contributed by atoms with Gasteiger partial charge in [0.2, 0.25) is 0 Å². The Balaban J connectivity index is 2.92. The van der Waals surface area contributed by atoms with Gasteiger partial charge < -0.3 is 10.6 Å². The number of rotatable bonds is 2. The number of carbonyl (C=O) groups is 2. The minimum atomic E-state index is -4.41. The van der Waals surface area contributed by atoms with E-state index in [0.717, 1.165) is 17.0 Å². The van der Waals surface area contributed by atoms with Crippen LogP contribution >= 0.6 is 0 Å². The zero-order valence-electron chi connectivity index (χ0n) is 10.4. The molecule has 4 nitrogen and oxygen atoms in total. The Hall–Kier alpha value is -2.05. The number of nitrogens with zero attached hydrogens (tertiary/aromatic N) is 1. The lowest BCUT2D eigenvalue weighted by Crippen LogP contribution is -2.39. The van der Waals surface area contributed by atoms with Gasteiger partial charge in [0.05, 0.1) is 11.6 Å². The van der Waals surface area contributed by atoms with E-state index >= 15 is 0 Å². The molecule has 0 aliphatic heterocycles. The maximum Gasteiger partial charge on any atom is 0.416 e.